The fraction of sp³-hybridized carbons (Fsp3) is 0.364. The number of hydrogen-bond acceptors (Lipinski definition) is 1. The molecule has 3 heteroatoms. The first-order valence-electron chi connectivity index (χ1n) is 4.49. The number of benzene rings is 1. The molecule has 1 aromatic carbocycles. The van der Waals surface area contributed by atoms with Crippen LogP contribution < -0.4 is 0 Å². The average molecular weight is 213 g/mol. The minimum absolute atomic E-state index is 0.182. The average Bonchev–Trinajstić information content (AvgIpc) is 2.15. The van der Waals surface area contributed by atoms with E-state index in [1.54, 1.807) is 0 Å². The van der Waals surface area contributed by atoms with Gasteiger partial charge in [-0.05, 0) is 30.0 Å². The van der Waals surface area contributed by atoms with Crippen LogP contribution in [-0.4, -0.2) is 11.1 Å². The molecule has 0 bridgehead atoms. The third-order valence-electron chi connectivity index (χ3n) is 2.17. The highest BCUT2D eigenvalue weighted by atomic mass is 35.5. The Labute approximate surface area is 88.5 Å². The number of alkyl halides is 1. The zero-order valence-electron chi connectivity index (χ0n) is 8.09. The Hall–Kier alpha value is -1.02. The molecule has 0 aliphatic carbocycles. The number of hydrogen-bond donors (Lipinski definition) is 1. The molecule has 0 saturated carbocycles. The van der Waals surface area contributed by atoms with Gasteiger partial charge >= 0.3 is 5.97 Å². The molecular weight excluding hydrogens is 200 g/mol. The van der Waals surface area contributed by atoms with Gasteiger partial charge in [0.2, 0.25) is 0 Å². The van der Waals surface area contributed by atoms with Crippen molar-refractivity contribution in [2.24, 2.45) is 0 Å². The number of carboxylic acids is 1. The summed E-state index contributed by atoms with van der Waals surface area (Å²) in [5, 5.41) is 8.55. The molecule has 0 aliphatic heterocycles. The van der Waals surface area contributed by atoms with Crippen molar-refractivity contribution in [2.45, 2.75) is 25.6 Å². The summed E-state index contributed by atoms with van der Waals surface area (Å²) in [4.78, 5) is 10.4. The van der Waals surface area contributed by atoms with Crippen LogP contribution in [0.2, 0.25) is 0 Å². The van der Waals surface area contributed by atoms with Gasteiger partial charge in [-0.1, -0.05) is 18.2 Å². The Balaban J connectivity index is 2.73. The molecule has 76 valence electrons. The van der Waals surface area contributed by atoms with Gasteiger partial charge in [0.05, 0.1) is 0 Å². The van der Waals surface area contributed by atoms with Crippen LogP contribution in [0.5, 0.6) is 0 Å². The first-order chi connectivity index (χ1) is 6.63. The van der Waals surface area contributed by atoms with Crippen LogP contribution in [0.3, 0.4) is 0 Å². The zero-order chi connectivity index (χ0) is 10.6. The van der Waals surface area contributed by atoms with Gasteiger partial charge in [-0.2, -0.15) is 0 Å². The molecule has 0 radical (unpaired) electrons. The number of rotatable bonds is 4. The van der Waals surface area contributed by atoms with E-state index in [1.165, 1.54) is 0 Å². The Morgan fingerprint density at radius 3 is 2.71 bits per heavy atom. The second kappa shape index (κ2) is 5.01. The lowest BCUT2D eigenvalue weighted by Gasteiger charge is -2.05. The van der Waals surface area contributed by atoms with E-state index in [2.05, 4.69) is 0 Å². The lowest BCUT2D eigenvalue weighted by atomic mass is 10.0. The molecule has 0 aromatic heterocycles. The summed E-state index contributed by atoms with van der Waals surface area (Å²) >= 11 is 5.68. The normalized spacial score (nSPS) is 10.1. The van der Waals surface area contributed by atoms with Gasteiger partial charge < -0.3 is 5.11 Å². The van der Waals surface area contributed by atoms with E-state index in [1.807, 2.05) is 25.1 Å². The highest BCUT2D eigenvalue weighted by Crippen LogP contribution is 2.14. The van der Waals surface area contributed by atoms with Crippen molar-refractivity contribution in [3.8, 4) is 0 Å². The molecule has 1 N–H and O–H groups in total. The lowest BCUT2D eigenvalue weighted by molar-refractivity contribution is -0.136. The van der Waals surface area contributed by atoms with Gasteiger partial charge in [0.15, 0.2) is 0 Å². The first kappa shape index (κ1) is 11.1. The topological polar surface area (TPSA) is 37.3 Å². The summed E-state index contributed by atoms with van der Waals surface area (Å²) < 4.78 is 0. The second-order valence-corrected chi connectivity index (χ2v) is 3.56. The minimum Gasteiger partial charge on any atom is -0.481 e. The minimum atomic E-state index is -0.759. The van der Waals surface area contributed by atoms with Crippen LogP contribution >= 0.6 is 11.6 Å². The van der Waals surface area contributed by atoms with Gasteiger partial charge in [0, 0.05) is 12.3 Å². The van der Waals surface area contributed by atoms with E-state index in [0.29, 0.717) is 12.3 Å². The van der Waals surface area contributed by atoms with Gasteiger partial charge in [-0.3, -0.25) is 4.79 Å². The van der Waals surface area contributed by atoms with E-state index in [4.69, 9.17) is 16.7 Å². The molecule has 0 fully saturated rings. The number of carboxylic acid groups (broad SMARTS) is 1. The number of aryl methyl sites for hydroxylation is 2. The molecular formula is C11H13ClO2. The van der Waals surface area contributed by atoms with Crippen molar-refractivity contribution in [1.29, 1.82) is 0 Å². The van der Waals surface area contributed by atoms with Gasteiger partial charge in [-0.15, -0.1) is 11.6 Å². The third kappa shape index (κ3) is 3.04. The summed E-state index contributed by atoms with van der Waals surface area (Å²) in [6, 6.07) is 5.90. The van der Waals surface area contributed by atoms with Crippen molar-refractivity contribution >= 4 is 17.6 Å². The molecule has 0 saturated heterocycles. The van der Waals surface area contributed by atoms with Crippen LogP contribution in [0.1, 0.15) is 23.1 Å². The summed E-state index contributed by atoms with van der Waals surface area (Å²) in [6.45, 7) is 1.98. The van der Waals surface area contributed by atoms with E-state index in [9.17, 15) is 4.79 Å². The Kier molecular flexibility index (Phi) is 3.96. The highest BCUT2D eigenvalue weighted by molar-refractivity contribution is 6.17. The maximum absolute atomic E-state index is 10.4. The fourth-order valence-corrected chi connectivity index (χ4v) is 1.53. The standard InChI is InChI=1S/C11H13ClO2/c1-8-6-9(7-12)2-3-10(8)4-5-11(13)14/h2-3,6H,4-5,7H2,1H3,(H,13,14). The number of halogens is 1. The van der Waals surface area contributed by atoms with Gasteiger partial charge in [-0.25, -0.2) is 0 Å². The van der Waals surface area contributed by atoms with E-state index < -0.39 is 5.97 Å². The molecule has 0 aliphatic rings. The summed E-state index contributed by atoms with van der Waals surface area (Å²) in [5.74, 6) is -0.258. The second-order valence-electron chi connectivity index (χ2n) is 3.29. The van der Waals surface area contributed by atoms with E-state index >= 15 is 0 Å². The number of carbonyl (C=O) groups is 1. The van der Waals surface area contributed by atoms with E-state index in [-0.39, 0.29) is 6.42 Å². The quantitative estimate of drug-likeness (QED) is 0.780. The molecule has 0 amide bonds. The highest BCUT2D eigenvalue weighted by Gasteiger charge is 2.02. The SMILES string of the molecule is Cc1cc(CCl)ccc1CCC(=O)O. The smallest absolute Gasteiger partial charge is 0.303 e. The van der Waals surface area contributed by atoms with Crippen molar-refractivity contribution in [3.63, 3.8) is 0 Å². The molecule has 0 heterocycles. The van der Waals surface area contributed by atoms with Crippen LogP contribution in [0, 0.1) is 6.92 Å². The molecule has 2 nitrogen and oxygen atoms in total. The largest absolute Gasteiger partial charge is 0.481 e. The molecule has 0 spiro atoms. The summed E-state index contributed by atoms with van der Waals surface area (Å²) in [6.07, 6.45) is 0.769. The predicted octanol–water partition coefficient (Wildman–Crippen LogP) is 2.75. The van der Waals surface area contributed by atoms with Crippen LogP contribution in [0.4, 0.5) is 0 Å². The zero-order valence-corrected chi connectivity index (χ0v) is 8.84. The Morgan fingerprint density at radius 1 is 1.50 bits per heavy atom. The molecule has 1 rings (SSSR count). The lowest BCUT2D eigenvalue weighted by Crippen LogP contribution is -1.99. The van der Waals surface area contributed by atoms with E-state index in [0.717, 1.165) is 16.7 Å². The fourth-order valence-electron chi connectivity index (χ4n) is 1.36. The summed E-state index contributed by atoms with van der Waals surface area (Å²) in [5.41, 5.74) is 3.27. The molecule has 1 aromatic rings. The third-order valence-corrected chi connectivity index (χ3v) is 2.48. The van der Waals surface area contributed by atoms with Crippen LogP contribution in [0.25, 0.3) is 0 Å². The maximum Gasteiger partial charge on any atom is 0.303 e. The van der Waals surface area contributed by atoms with Crippen LogP contribution in [0.15, 0.2) is 18.2 Å². The maximum atomic E-state index is 10.4. The van der Waals surface area contributed by atoms with Crippen molar-refractivity contribution in [2.75, 3.05) is 0 Å². The van der Waals surface area contributed by atoms with Crippen LogP contribution in [-0.2, 0) is 17.1 Å². The first-order valence-corrected chi connectivity index (χ1v) is 5.03. The van der Waals surface area contributed by atoms with Crippen molar-refractivity contribution < 1.29 is 9.90 Å². The summed E-state index contributed by atoms with van der Waals surface area (Å²) in [7, 11) is 0. The molecule has 0 unspecified atom stereocenters. The number of aliphatic carboxylic acids is 1. The molecule has 14 heavy (non-hydrogen) atoms. The Bertz CT molecular complexity index is 334. The van der Waals surface area contributed by atoms with Gasteiger partial charge in [0.1, 0.15) is 0 Å². The van der Waals surface area contributed by atoms with Crippen molar-refractivity contribution in [3.05, 3.63) is 34.9 Å². The monoisotopic (exact) mass is 212 g/mol. The van der Waals surface area contributed by atoms with Crippen molar-refractivity contribution in [1.82, 2.24) is 0 Å². The van der Waals surface area contributed by atoms with Gasteiger partial charge in [0.25, 0.3) is 0 Å². The Morgan fingerprint density at radius 2 is 2.21 bits per heavy atom. The predicted molar refractivity (Wildman–Crippen MR) is 56.7 cm³/mol. The molecule has 0 atom stereocenters.